The highest BCUT2D eigenvalue weighted by Gasteiger charge is 2.49. The van der Waals surface area contributed by atoms with Crippen LogP contribution in [0.3, 0.4) is 0 Å². The molecule has 0 radical (unpaired) electrons. The maximum atomic E-state index is 11.5. The molecule has 0 aromatic carbocycles. The Bertz CT molecular complexity index is 300. The predicted octanol–water partition coefficient (Wildman–Crippen LogP) is 3.74. The van der Waals surface area contributed by atoms with Crippen LogP contribution in [0.1, 0.15) is 52.9 Å². The minimum absolute atomic E-state index is 0.121. The van der Waals surface area contributed by atoms with Gasteiger partial charge in [0.15, 0.2) is 0 Å². The Kier molecular flexibility index (Phi) is 2.52. The van der Waals surface area contributed by atoms with Crippen molar-refractivity contribution in [2.24, 2.45) is 16.7 Å². The summed E-state index contributed by atoms with van der Waals surface area (Å²) in [6.07, 6.45) is 9.45. The standard InChI is InChI=1S/C14H22O/c1-11-5-6-12-13(2,3)7-4-8-14(12,9-11)10-15/h9-10,12H,4-8H2,1-3H3/t12-,14-/m0/s1. The maximum Gasteiger partial charge on any atom is 0.130 e. The first-order valence-corrected chi connectivity index (χ1v) is 6.15. The fraction of sp³-hybridized carbons (Fsp3) is 0.786. The third-order valence-electron chi connectivity index (χ3n) is 4.58. The van der Waals surface area contributed by atoms with Crippen LogP contribution in [-0.4, -0.2) is 6.29 Å². The van der Waals surface area contributed by atoms with Gasteiger partial charge in [-0.15, -0.1) is 0 Å². The first kappa shape index (κ1) is 10.9. The number of carbonyl (C=O) groups excluding carboxylic acids is 1. The van der Waals surface area contributed by atoms with E-state index in [0.717, 1.165) is 6.42 Å². The van der Waals surface area contributed by atoms with Crippen LogP contribution >= 0.6 is 0 Å². The Morgan fingerprint density at radius 1 is 1.40 bits per heavy atom. The molecular formula is C14H22O. The molecule has 0 aromatic rings. The molecule has 0 N–H and O–H groups in total. The molecule has 1 nitrogen and oxygen atoms in total. The van der Waals surface area contributed by atoms with E-state index < -0.39 is 0 Å². The lowest BCUT2D eigenvalue weighted by atomic mass is 9.53. The molecule has 84 valence electrons. The average Bonchev–Trinajstić information content (AvgIpc) is 2.16. The third kappa shape index (κ3) is 1.66. The smallest absolute Gasteiger partial charge is 0.130 e. The van der Waals surface area contributed by atoms with Crippen LogP contribution < -0.4 is 0 Å². The predicted molar refractivity (Wildman–Crippen MR) is 62.6 cm³/mol. The molecule has 2 atom stereocenters. The molecule has 1 fully saturated rings. The van der Waals surface area contributed by atoms with Crippen LogP contribution in [0.5, 0.6) is 0 Å². The van der Waals surface area contributed by atoms with Crippen LogP contribution in [0.15, 0.2) is 11.6 Å². The second-order valence-corrected chi connectivity index (χ2v) is 6.15. The molecule has 2 aliphatic carbocycles. The van der Waals surface area contributed by atoms with Gasteiger partial charge >= 0.3 is 0 Å². The molecule has 0 amide bonds. The summed E-state index contributed by atoms with van der Waals surface area (Å²) in [5.41, 5.74) is 1.64. The Labute approximate surface area is 92.9 Å². The fourth-order valence-corrected chi connectivity index (χ4v) is 3.84. The Balaban J connectivity index is 2.41. The maximum absolute atomic E-state index is 11.5. The van der Waals surface area contributed by atoms with Crippen molar-refractivity contribution >= 4 is 6.29 Å². The molecule has 0 spiro atoms. The summed E-state index contributed by atoms with van der Waals surface area (Å²) in [4.78, 5) is 11.5. The van der Waals surface area contributed by atoms with Gasteiger partial charge in [-0.25, -0.2) is 0 Å². The molecule has 15 heavy (non-hydrogen) atoms. The van der Waals surface area contributed by atoms with Gasteiger partial charge in [-0.3, -0.25) is 0 Å². The van der Waals surface area contributed by atoms with Gasteiger partial charge in [0, 0.05) is 5.41 Å². The van der Waals surface area contributed by atoms with Gasteiger partial charge in [0.2, 0.25) is 0 Å². The number of aldehydes is 1. The topological polar surface area (TPSA) is 17.1 Å². The first-order chi connectivity index (χ1) is 7.00. The van der Waals surface area contributed by atoms with Gasteiger partial charge in [-0.1, -0.05) is 31.9 Å². The minimum Gasteiger partial charge on any atom is -0.302 e. The Morgan fingerprint density at radius 3 is 2.80 bits per heavy atom. The summed E-state index contributed by atoms with van der Waals surface area (Å²) in [6, 6.07) is 0. The van der Waals surface area contributed by atoms with E-state index in [9.17, 15) is 4.79 Å². The second kappa shape index (κ2) is 3.47. The summed E-state index contributed by atoms with van der Waals surface area (Å²) in [7, 11) is 0. The summed E-state index contributed by atoms with van der Waals surface area (Å²) >= 11 is 0. The molecule has 0 unspecified atom stereocenters. The van der Waals surface area contributed by atoms with Crippen LogP contribution in [0, 0.1) is 16.7 Å². The van der Waals surface area contributed by atoms with Gasteiger partial charge in [-0.05, 0) is 43.9 Å². The lowest BCUT2D eigenvalue weighted by molar-refractivity contribution is -0.122. The number of fused-ring (bicyclic) bond motifs is 1. The van der Waals surface area contributed by atoms with Crippen LogP contribution in [0.25, 0.3) is 0 Å². The number of rotatable bonds is 1. The van der Waals surface area contributed by atoms with Crippen molar-refractivity contribution in [3.05, 3.63) is 11.6 Å². The van der Waals surface area contributed by atoms with Crippen molar-refractivity contribution < 1.29 is 4.79 Å². The highest BCUT2D eigenvalue weighted by molar-refractivity contribution is 5.65. The van der Waals surface area contributed by atoms with E-state index in [1.807, 2.05) is 0 Å². The molecule has 0 aliphatic heterocycles. The molecule has 0 bridgehead atoms. The fourth-order valence-electron chi connectivity index (χ4n) is 3.84. The Morgan fingerprint density at radius 2 is 2.13 bits per heavy atom. The second-order valence-electron chi connectivity index (χ2n) is 6.15. The van der Waals surface area contributed by atoms with Crippen LogP contribution in [0.4, 0.5) is 0 Å². The van der Waals surface area contributed by atoms with Crippen molar-refractivity contribution in [1.29, 1.82) is 0 Å². The van der Waals surface area contributed by atoms with Gasteiger partial charge in [0.1, 0.15) is 6.29 Å². The van der Waals surface area contributed by atoms with Gasteiger partial charge in [-0.2, -0.15) is 0 Å². The van der Waals surface area contributed by atoms with Crippen molar-refractivity contribution in [3.63, 3.8) is 0 Å². The zero-order valence-electron chi connectivity index (χ0n) is 10.2. The first-order valence-electron chi connectivity index (χ1n) is 6.15. The largest absolute Gasteiger partial charge is 0.302 e. The highest BCUT2D eigenvalue weighted by Crippen LogP contribution is 2.55. The number of hydrogen-bond acceptors (Lipinski definition) is 1. The SMILES string of the molecule is CC1=C[C@]2(C=O)CCCC(C)(C)[C@@H]2CC1. The van der Waals surface area contributed by atoms with Crippen molar-refractivity contribution in [2.45, 2.75) is 52.9 Å². The van der Waals surface area contributed by atoms with E-state index in [-0.39, 0.29) is 5.41 Å². The number of hydrogen-bond donors (Lipinski definition) is 0. The summed E-state index contributed by atoms with van der Waals surface area (Å²) in [6.45, 7) is 6.84. The average molecular weight is 206 g/mol. The van der Waals surface area contributed by atoms with Crippen molar-refractivity contribution in [1.82, 2.24) is 0 Å². The summed E-state index contributed by atoms with van der Waals surface area (Å²) < 4.78 is 0. The normalized spacial score (nSPS) is 39.1. The van der Waals surface area contributed by atoms with E-state index in [1.54, 1.807) is 0 Å². The van der Waals surface area contributed by atoms with Gasteiger partial charge < -0.3 is 4.79 Å². The van der Waals surface area contributed by atoms with Crippen LogP contribution in [0.2, 0.25) is 0 Å². The molecule has 2 aliphatic rings. The zero-order chi connectivity index (χ0) is 11.1. The third-order valence-corrected chi connectivity index (χ3v) is 4.58. The van der Waals surface area contributed by atoms with E-state index in [4.69, 9.17) is 0 Å². The van der Waals surface area contributed by atoms with Gasteiger partial charge in [0.05, 0.1) is 0 Å². The molecule has 0 heterocycles. The van der Waals surface area contributed by atoms with Crippen molar-refractivity contribution in [3.8, 4) is 0 Å². The molecule has 1 saturated carbocycles. The molecule has 1 heteroatoms. The molecule has 0 saturated heterocycles. The van der Waals surface area contributed by atoms with E-state index >= 15 is 0 Å². The van der Waals surface area contributed by atoms with E-state index in [2.05, 4.69) is 26.8 Å². The summed E-state index contributed by atoms with van der Waals surface area (Å²) in [5.74, 6) is 0.569. The lowest BCUT2D eigenvalue weighted by Gasteiger charge is -2.51. The molecule has 2 rings (SSSR count). The zero-order valence-corrected chi connectivity index (χ0v) is 10.2. The van der Waals surface area contributed by atoms with Crippen molar-refractivity contribution in [2.75, 3.05) is 0 Å². The van der Waals surface area contributed by atoms with Crippen LogP contribution in [-0.2, 0) is 4.79 Å². The highest BCUT2D eigenvalue weighted by atomic mass is 16.1. The van der Waals surface area contributed by atoms with Gasteiger partial charge in [0.25, 0.3) is 0 Å². The quantitative estimate of drug-likeness (QED) is 0.472. The molecular weight excluding hydrogens is 184 g/mol. The monoisotopic (exact) mass is 206 g/mol. The molecule has 0 aromatic heterocycles. The van der Waals surface area contributed by atoms with E-state index in [0.29, 0.717) is 11.3 Å². The minimum atomic E-state index is -0.121. The Hall–Kier alpha value is -0.590. The van der Waals surface area contributed by atoms with E-state index in [1.165, 1.54) is 37.5 Å². The number of allylic oxidation sites excluding steroid dienone is 2. The summed E-state index contributed by atoms with van der Waals surface area (Å²) in [5, 5.41) is 0. The lowest BCUT2D eigenvalue weighted by Crippen LogP contribution is -2.45. The number of carbonyl (C=O) groups is 1.